The number of aliphatic hydroxyl groups is 1. The minimum absolute atomic E-state index is 0.123. The summed E-state index contributed by atoms with van der Waals surface area (Å²) >= 11 is 0. The Hall–Kier alpha value is -1.75. The molecule has 5 heteroatoms. The molecule has 1 aliphatic rings. The van der Waals surface area contributed by atoms with E-state index in [0.29, 0.717) is 5.92 Å². The molecule has 1 saturated carbocycles. The van der Waals surface area contributed by atoms with Crippen molar-refractivity contribution in [2.45, 2.75) is 38.9 Å². The van der Waals surface area contributed by atoms with Gasteiger partial charge in [-0.1, -0.05) is 12.1 Å². The summed E-state index contributed by atoms with van der Waals surface area (Å²) in [6.07, 6.45) is 1.81. The van der Waals surface area contributed by atoms with Gasteiger partial charge in [0.2, 0.25) is 0 Å². The average molecular weight is 292 g/mol. The summed E-state index contributed by atoms with van der Waals surface area (Å²) in [7, 11) is 0. The Morgan fingerprint density at radius 2 is 1.95 bits per heavy atom. The molecule has 1 aliphatic carbocycles. The lowest BCUT2D eigenvalue weighted by atomic mass is 10.1. The Balaban J connectivity index is 1.73. The van der Waals surface area contributed by atoms with E-state index in [1.165, 1.54) is 12.8 Å². The highest BCUT2D eigenvalue weighted by Crippen LogP contribution is 2.27. The molecule has 2 rings (SSSR count). The Bertz CT molecular complexity index is 455. The quantitative estimate of drug-likeness (QED) is 0.721. The fraction of sp³-hybridized carbons (Fsp3) is 0.562. The fourth-order valence-electron chi connectivity index (χ4n) is 1.97. The van der Waals surface area contributed by atoms with Crippen molar-refractivity contribution in [3.05, 3.63) is 29.8 Å². The van der Waals surface area contributed by atoms with E-state index >= 15 is 0 Å². The second kappa shape index (κ2) is 7.31. The van der Waals surface area contributed by atoms with Crippen molar-refractivity contribution >= 4 is 6.03 Å². The van der Waals surface area contributed by atoms with Gasteiger partial charge in [0, 0.05) is 13.1 Å². The molecule has 0 heterocycles. The predicted molar refractivity (Wildman–Crippen MR) is 81.3 cm³/mol. The second-order valence-corrected chi connectivity index (χ2v) is 5.79. The summed E-state index contributed by atoms with van der Waals surface area (Å²) in [6, 6.07) is 7.05. The fourth-order valence-corrected chi connectivity index (χ4v) is 1.97. The van der Waals surface area contributed by atoms with Crippen LogP contribution in [0.4, 0.5) is 4.79 Å². The molecule has 0 aliphatic heterocycles. The molecule has 0 radical (unpaired) electrons. The molecule has 0 aromatic heterocycles. The highest BCUT2D eigenvalue weighted by molar-refractivity contribution is 5.73. The van der Waals surface area contributed by atoms with Gasteiger partial charge in [0.15, 0.2) is 0 Å². The number of amides is 2. The van der Waals surface area contributed by atoms with E-state index in [0.717, 1.165) is 17.9 Å². The van der Waals surface area contributed by atoms with Crippen molar-refractivity contribution in [2.24, 2.45) is 5.92 Å². The molecular weight excluding hydrogens is 268 g/mol. The van der Waals surface area contributed by atoms with Crippen LogP contribution < -0.4 is 15.4 Å². The maximum Gasteiger partial charge on any atom is 0.314 e. The van der Waals surface area contributed by atoms with Gasteiger partial charge in [-0.05, 0) is 50.3 Å². The first-order valence-corrected chi connectivity index (χ1v) is 7.51. The third-order valence-corrected chi connectivity index (χ3v) is 3.34. The lowest BCUT2D eigenvalue weighted by Crippen LogP contribution is -2.38. The molecule has 21 heavy (non-hydrogen) atoms. The molecule has 1 unspecified atom stereocenters. The van der Waals surface area contributed by atoms with Crippen LogP contribution in [0.2, 0.25) is 0 Å². The third kappa shape index (κ3) is 5.63. The summed E-state index contributed by atoms with van der Waals surface area (Å²) in [5.41, 5.74) is 0.758. The topological polar surface area (TPSA) is 70.6 Å². The van der Waals surface area contributed by atoms with Crippen LogP contribution in [0.25, 0.3) is 0 Å². The van der Waals surface area contributed by atoms with Crippen molar-refractivity contribution < 1.29 is 14.6 Å². The Kier molecular flexibility index (Phi) is 5.44. The third-order valence-electron chi connectivity index (χ3n) is 3.34. The number of aliphatic hydroxyl groups excluding tert-OH is 1. The van der Waals surface area contributed by atoms with Gasteiger partial charge in [-0.15, -0.1) is 0 Å². The number of urea groups is 1. The van der Waals surface area contributed by atoms with Crippen molar-refractivity contribution in [1.29, 1.82) is 0 Å². The molecule has 1 atom stereocenters. The van der Waals surface area contributed by atoms with Crippen LogP contribution in [0, 0.1) is 5.92 Å². The standard InChI is InChI=1S/C16H24N2O3/c1-11(2)21-14-7-5-13(6-8-14)15(19)10-18-16(20)17-9-12-3-4-12/h5-8,11-12,15,19H,3-4,9-10H2,1-2H3,(H2,17,18,20). The van der Waals surface area contributed by atoms with Gasteiger partial charge < -0.3 is 20.5 Å². The van der Waals surface area contributed by atoms with E-state index in [1.807, 2.05) is 38.1 Å². The molecule has 0 saturated heterocycles. The average Bonchev–Trinajstić information content (AvgIpc) is 3.27. The van der Waals surface area contributed by atoms with Gasteiger partial charge >= 0.3 is 6.03 Å². The maximum atomic E-state index is 11.5. The smallest absolute Gasteiger partial charge is 0.314 e. The molecule has 0 spiro atoms. The van der Waals surface area contributed by atoms with Crippen LogP contribution in [0.1, 0.15) is 38.4 Å². The van der Waals surface area contributed by atoms with E-state index in [9.17, 15) is 9.90 Å². The number of rotatable bonds is 7. The minimum atomic E-state index is -0.718. The molecule has 1 aromatic carbocycles. The molecular formula is C16H24N2O3. The van der Waals surface area contributed by atoms with Gasteiger partial charge in [0.05, 0.1) is 12.2 Å². The predicted octanol–water partition coefficient (Wildman–Crippen LogP) is 2.22. The van der Waals surface area contributed by atoms with Crippen LogP contribution in [0.3, 0.4) is 0 Å². The molecule has 116 valence electrons. The van der Waals surface area contributed by atoms with Crippen molar-refractivity contribution in [1.82, 2.24) is 10.6 Å². The van der Waals surface area contributed by atoms with Gasteiger partial charge in [-0.25, -0.2) is 4.79 Å². The number of carbonyl (C=O) groups is 1. The number of ether oxygens (including phenoxy) is 1. The van der Waals surface area contributed by atoms with Crippen molar-refractivity contribution in [2.75, 3.05) is 13.1 Å². The van der Waals surface area contributed by atoms with Crippen molar-refractivity contribution in [3.63, 3.8) is 0 Å². The lowest BCUT2D eigenvalue weighted by Gasteiger charge is -2.14. The largest absolute Gasteiger partial charge is 0.491 e. The van der Waals surface area contributed by atoms with E-state index in [2.05, 4.69) is 10.6 Å². The Morgan fingerprint density at radius 1 is 1.29 bits per heavy atom. The highest BCUT2D eigenvalue weighted by Gasteiger charge is 2.21. The molecule has 3 N–H and O–H groups in total. The van der Waals surface area contributed by atoms with E-state index in [4.69, 9.17) is 4.74 Å². The number of hydrogen-bond donors (Lipinski definition) is 3. The second-order valence-electron chi connectivity index (χ2n) is 5.79. The zero-order valence-corrected chi connectivity index (χ0v) is 12.6. The first kappa shape index (κ1) is 15.6. The van der Waals surface area contributed by atoms with Gasteiger partial charge in [0.1, 0.15) is 5.75 Å². The summed E-state index contributed by atoms with van der Waals surface area (Å²) in [4.78, 5) is 11.5. The van der Waals surface area contributed by atoms with Gasteiger partial charge in [-0.3, -0.25) is 0 Å². The normalized spacial score (nSPS) is 15.6. The summed E-state index contributed by atoms with van der Waals surface area (Å²) in [5, 5.41) is 15.5. The van der Waals surface area contributed by atoms with Crippen LogP contribution >= 0.6 is 0 Å². The molecule has 1 aromatic rings. The van der Waals surface area contributed by atoms with Gasteiger partial charge in [0.25, 0.3) is 0 Å². The Labute approximate surface area is 125 Å². The maximum absolute atomic E-state index is 11.5. The van der Waals surface area contributed by atoms with Crippen LogP contribution in [0.5, 0.6) is 5.75 Å². The molecule has 0 bridgehead atoms. The molecule has 5 nitrogen and oxygen atoms in total. The summed E-state index contributed by atoms with van der Waals surface area (Å²) < 4.78 is 5.55. The first-order valence-electron chi connectivity index (χ1n) is 7.51. The van der Waals surface area contributed by atoms with Gasteiger partial charge in [-0.2, -0.15) is 0 Å². The van der Waals surface area contributed by atoms with E-state index in [1.54, 1.807) is 0 Å². The molecule has 2 amide bonds. The van der Waals surface area contributed by atoms with Crippen molar-refractivity contribution in [3.8, 4) is 5.75 Å². The van der Waals surface area contributed by atoms with E-state index < -0.39 is 6.10 Å². The zero-order valence-electron chi connectivity index (χ0n) is 12.6. The summed E-state index contributed by atoms with van der Waals surface area (Å²) in [5.74, 6) is 1.42. The number of benzene rings is 1. The highest BCUT2D eigenvalue weighted by atomic mass is 16.5. The SMILES string of the molecule is CC(C)Oc1ccc(C(O)CNC(=O)NCC2CC2)cc1. The number of carbonyl (C=O) groups excluding carboxylic acids is 1. The Morgan fingerprint density at radius 3 is 2.52 bits per heavy atom. The monoisotopic (exact) mass is 292 g/mol. The summed E-state index contributed by atoms with van der Waals surface area (Å²) in [6.45, 7) is 4.85. The number of hydrogen-bond acceptors (Lipinski definition) is 3. The zero-order chi connectivity index (χ0) is 15.2. The lowest BCUT2D eigenvalue weighted by molar-refractivity contribution is 0.173. The molecule has 1 fully saturated rings. The van der Waals surface area contributed by atoms with Crippen LogP contribution in [-0.2, 0) is 0 Å². The van der Waals surface area contributed by atoms with Crippen LogP contribution in [0.15, 0.2) is 24.3 Å². The number of nitrogens with one attached hydrogen (secondary N) is 2. The van der Waals surface area contributed by atoms with E-state index in [-0.39, 0.29) is 18.7 Å². The van der Waals surface area contributed by atoms with Crippen LogP contribution in [-0.4, -0.2) is 30.3 Å². The minimum Gasteiger partial charge on any atom is -0.491 e. The first-order chi connectivity index (χ1) is 10.0.